The molecule has 1 heterocycles. The van der Waals surface area contributed by atoms with E-state index in [0.29, 0.717) is 0 Å². The van der Waals surface area contributed by atoms with Gasteiger partial charge in [0.2, 0.25) is 0 Å². The molecule has 1 saturated heterocycles. The number of aliphatic hydroxyl groups excluding tert-OH is 1. The molecular formula is C9H22N2O2Si. The molecule has 1 aliphatic rings. The van der Waals surface area contributed by atoms with Gasteiger partial charge >= 0.3 is 0 Å². The van der Waals surface area contributed by atoms with Crippen LogP contribution in [0.15, 0.2) is 0 Å². The Balaban J connectivity index is 2.65. The third-order valence-corrected chi connectivity index (χ3v) is 7.25. The Kier molecular flexibility index (Phi) is 4.53. The first-order valence-electron chi connectivity index (χ1n) is 5.20. The van der Waals surface area contributed by atoms with Crippen LogP contribution < -0.4 is 0 Å². The van der Waals surface area contributed by atoms with Crippen LogP contribution in [-0.2, 0) is 4.43 Å². The molecule has 0 amide bonds. The third-order valence-electron chi connectivity index (χ3n) is 3.25. The molecule has 0 spiro atoms. The molecule has 1 aliphatic heterocycles. The van der Waals surface area contributed by atoms with E-state index in [9.17, 15) is 5.11 Å². The summed E-state index contributed by atoms with van der Waals surface area (Å²) in [5.74, 6) is 0. The summed E-state index contributed by atoms with van der Waals surface area (Å²) in [7, 11) is 3.98. The second kappa shape index (κ2) is 5.23. The lowest BCUT2D eigenvalue weighted by molar-refractivity contribution is 0.214. The highest BCUT2D eigenvalue weighted by Gasteiger charge is 2.39. The molecule has 1 unspecified atom stereocenters. The number of nitrogens with zero attached hydrogens (tertiary/aromatic N) is 2. The van der Waals surface area contributed by atoms with Gasteiger partial charge in [0.15, 0.2) is 0 Å². The Morgan fingerprint density at radius 2 is 2.00 bits per heavy atom. The Morgan fingerprint density at radius 3 is 2.57 bits per heavy atom. The fourth-order valence-corrected chi connectivity index (χ4v) is 4.62. The van der Waals surface area contributed by atoms with Crippen molar-refractivity contribution in [1.29, 1.82) is 0 Å². The first-order valence-corrected chi connectivity index (χ1v) is 7.47. The van der Waals surface area contributed by atoms with Crippen LogP contribution in [0.4, 0.5) is 0 Å². The molecule has 0 aromatic heterocycles. The quantitative estimate of drug-likeness (QED) is 0.655. The first-order chi connectivity index (χ1) is 6.64. The van der Waals surface area contributed by atoms with Crippen molar-refractivity contribution in [3.63, 3.8) is 0 Å². The minimum atomic E-state index is -1.98. The minimum Gasteiger partial charge on any atom is -0.405 e. The van der Waals surface area contributed by atoms with Crippen molar-refractivity contribution in [2.45, 2.75) is 12.5 Å². The van der Waals surface area contributed by atoms with Gasteiger partial charge in [0.05, 0.1) is 6.23 Å². The van der Waals surface area contributed by atoms with Crippen molar-refractivity contribution in [3.8, 4) is 0 Å². The standard InChI is InChI=1S/C9H22N2O2Si/c1-10-5-4-8-14(9-12,13-3)11(2)7-6-10/h12H,4-9H2,1-3H3. The molecule has 1 atom stereocenters. The van der Waals surface area contributed by atoms with Crippen molar-refractivity contribution >= 4 is 8.48 Å². The van der Waals surface area contributed by atoms with E-state index in [1.165, 1.54) is 0 Å². The topological polar surface area (TPSA) is 35.9 Å². The van der Waals surface area contributed by atoms with Crippen LogP contribution in [0.2, 0.25) is 6.04 Å². The van der Waals surface area contributed by atoms with Crippen molar-refractivity contribution in [2.75, 3.05) is 47.1 Å². The van der Waals surface area contributed by atoms with Crippen LogP contribution in [0.5, 0.6) is 0 Å². The van der Waals surface area contributed by atoms with Gasteiger partial charge in [0.25, 0.3) is 8.48 Å². The van der Waals surface area contributed by atoms with Gasteiger partial charge in [0.1, 0.15) is 0 Å². The highest BCUT2D eigenvalue weighted by Crippen LogP contribution is 2.18. The summed E-state index contributed by atoms with van der Waals surface area (Å²) in [6.45, 7) is 3.18. The molecular weight excluding hydrogens is 196 g/mol. The Bertz CT molecular complexity index is 176. The third kappa shape index (κ3) is 2.55. The van der Waals surface area contributed by atoms with E-state index >= 15 is 0 Å². The zero-order valence-corrected chi connectivity index (χ0v) is 10.5. The smallest absolute Gasteiger partial charge is 0.297 e. The second-order valence-corrected chi connectivity index (χ2v) is 8.02. The molecule has 4 nitrogen and oxygen atoms in total. The lowest BCUT2D eigenvalue weighted by Crippen LogP contribution is -2.59. The molecule has 14 heavy (non-hydrogen) atoms. The van der Waals surface area contributed by atoms with Gasteiger partial charge < -0.3 is 19.0 Å². The zero-order valence-electron chi connectivity index (χ0n) is 9.49. The molecule has 1 fully saturated rings. The number of hydrogen-bond acceptors (Lipinski definition) is 4. The number of hydrogen-bond donors (Lipinski definition) is 1. The van der Waals surface area contributed by atoms with Crippen molar-refractivity contribution < 1.29 is 9.53 Å². The van der Waals surface area contributed by atoms with Crippen molar-refractivity contribution in [1.82, 2.24) is 9.47 Å². The van der Waals surface area contributed by atoms with Crippen LogP contribution in [-0.4, -0.2) is 70.1 Å². The lowest BCUT2D eigenvalue weighted by Gasteiger charge is -2.39. The summed E-state index contributed by atoms with van der Waals surface area (Å²) in [6.07, 6.45) is 1.34. The van der Waals surface area contributed by atoms with E-state index in [1.807, 2.05) is 0 Å². The van der Waals surface area contributed by atoms with Crippen molar-refractivity contribution in [2.24, 2.45) is 0 Å². The fourth-order valence-electron chi connectivity index (χ4n) is 1.97. The minimum absolute atomic E-state index is 0.212. The Labute approximate surface area is 87.7 Å². The monoisotopic (exact) mass is 218 g/mol. The van der Waals surface area contributed by atoms with E-state index in [-0.39, 0.29) is 6.23 Å². The predicted molar refractivity (Wildman–Crippen MR) is 59.4 cm³/mol. The maximum atomic E-state index is 9.48. The normalized spacial score (nSPS) is 32.6. The van der Waals surface area contributed by atoms with Gasteiger partial charge in [-0.25, -0.2) is 0 Å². The number of likely N-dealkylation sites (N-methyl/N-ethyl adjacent to an activating group) is 2. The van der Waals surface area contributed by atoms with Gasteiger partial charge in [-0.2, -0.15) is 0 Å². The van der Waals surface area contributed by atoms with E-state index in [1.54, 1.807) is 7.11 Å². The van der Waals surface area contributed by atoms with Gasteiger partial charge in [-0.05, 0) is 33.1 Å². The Hall–Kier alpha value is 0.0569. The summed E-state index contributed by atoms with van der Waals surface area (Å²) >= 11 is 0. The molecule has 0 aromatic rings. The molecule has 1 N–H and O–H groups in total. The van der Waals surface area contributed by atoms with E-state index in [4.69, 9.17) is 4.43 Å². The summed E-state index contributed by atoms with van der Waals surface area (Å²) < 4.78 is 7.86. The zero-order chi connectivity index (χ0) is 10.6. The van der Waals surface area contributed by atoms with E-state index < -0.39 is 8.48 Å². The fraction of sp³-hybridized carbons (Fsp3) is 1.00. The maximum Gasteiger partial charge on any atom is 0.297 e. The predicted octanol–water partition coefficient (Wildman–Crippen LogP) is -0.126. The largest absolute Gasteiger partial charge is 0.405 e. The van der Waals surface area contributed by atoms with Crippen LogP contribution in [0.3, 0.4) is 0 Å². The highest BCUT2D eigenvalue weighted by atomic mass is 28.4. The van der Waals surface area contributed by atoms with Crippen molar-refractivity contribution in [3.05, 3.63) is 0 Å². The number of rotatable bonds is 2. The second-order valence-electron chi connectivity index (χ2n) is 4.14. The van der Waals surface area contributed by atoms with E-state index in [2.05, 4.69) is 23.6 Å². The van der Waals surface area contributed by atoms with Gasteiger partial charge in [-0.1, -0.05) is 0 Å². The summed E-state index contributed by atoms with van der Waals surface area (Å²) in [5, 5.41) is 9.48. The average molecular weight is 218 g/mol. The summed E-state index contributed by atoms with van der Waals surface area (Å²) in [6, 6.07) is 1.03. The molecule has 0 aliphatic carbocycles. The average Bonchev–Trinajstić information content (AvgIpc) is 2.19. The molecule has 0 radical (unpaired) electrons. The van der Waals surface area contributed by atoms with Gasteiger partial charge in [-0.3, -0.25) is 0 Å². The SMILES string of the molecule is CO[Si]1(CO)CCCN(C)CCN1C. The number of aliphatic hydroxyl groups is 1. The van der Waals surface area contributed by atoms with Gasteiger partial charge in [0, 0.05) is 20.2 Å². The molecule has 5 heteroatoms. The van der Waals surface area contributed by atoms with Gasteiger partial charge in [-0.15, -0.1) is 0 Å². The highest BCUT2D eigenvalue weighted by molar-refractivity contribution is 6.70. The molecule has 0 bridgehead atoms. The van der Waals surface area contributed by atoms with Crippen LogP contribution in [0.1, 0.15) is 6.42 Å². The molecule has 0 aromatic carbocycles. The molecule has 0 saturated carbocycles. The van der Waals surface area contributed by atoms with Crippen LogP contribution in [0, 0.1) is 0 Å². The maximum absolute atomic E-state index is 9.48. The molecule has 1 rings (SSSR count). The summed E-state index contributed by atoms with van der Waals surface area (Å²) in [5.41, 5.74) is 0. The Morgan fingerprint density at radius 1 is 1.29 bits per heavy atom. The molecule has 84 valence electrons. The van der Waals surface area contributed by atoms with E-state index in [0.717, 1.165) is 32.1 Å². The van der Waals surface area contributed by atoms with Crippen LogP contribution >= 0.6 is 0 Å². The lowest BCUT2D eigenvalue weighted by atomic mass is 10.4. The first kappa shape index (κ1) is 12.1. The van der Waals surface area contributed by atoms with Crippen LogP contribution in [0.25, 0.3) is 0 Å². The summed E-state index contributed by atoms with van der Waals surface area (Å²) in [4.78, 5) is 2.34.